The van der Waals surface area contributed by atoms with Crippen LogP contribution in [0.5, 0.6) is 11.5 Å². The lowest BCUT2D eigenvalue weighted by Crippen LogP contribution is -2.38. The first kappa shape index (κ1) is 20.6. The molecule has 3 aromatic rings. The highest BCUT2D eigenvalue weighted by Gasteiger charge is 2.26. The minimum atomic E-state index is -0.0730. The maximum absolute atomic E-state index is 12.8. The number of nitrogens with zero attached hydrogens (tertiary/aromatic N) is 4. The second-order valence-electron chi connectivity index (χ2n) is 7.33. The van der Waals surface area contributed by atoms with Gasteiger partial charge in [0.1, 0.15) is 11.5 Å². The third-order valence-electron chi connectivity index (χ3n) is 5.48. The van der Waals surface area contributed by atoms with Crippen molar-refractivity contribution in [1.29, 1.82) is 0 Å². The summed E-state index contributed by atoms with van der Waals surface area (Å²) in [5.41, 5.74) is 2.41. The highest BCUT2D eigenvalue weighted by molar-refractivity contribution is 5.94. The maximum atomic E-state index is 12.8. The summed E-state index contributed by atoms with van der Waals surface area (Å²) in [6.07, 6.45) is 4.96. The van der Waals surface area contributed by atoms with Gasteiger partial charge in [0.2, 0.25) is 5.91 Å². The molecule has 0 bridgehead atoms. The van der Waals surface area contributed by atoms with E-state index in [-0.39, 0.29) is 11.8 Å². The molecule has 0 radical (unpaired) electrons. The molecule has 1 fully saturated rings. The number of aromatic nitrogens is 3. The normalized spacial score (nSPS) is 14.2. The van der Waals surface area contributed by atoms with Crippen LogP contribution in [-0.2, 0) is 4.79 Å². The number of hydrogen-bond acceptors (Lipinski definition) is 7. The number of methoxy groups -OCH3 is 2. The molecular formula is C23H25N5O3. The minimum Gasteiger partial charge on any atom is -0.497 e. The molecule has 1 N–H and O–H groups in total. The first-order valence-corrected chi connectivity index (χ1v) is 10.2. The van der Waals surface area contributed by atoms with Crippen LogP contribution in [0.3, 0.4) is 0 Å². The van der Waals surface area contributed by atoms with Crippen LogP contribution in [-0.4, -0.2) is 48.4 Å². The molecule has 1 aliphatic rings. The van der Waals surface area contributed by atoms with E-state index in [1.165, 1.54) is 0 Å². The molecule has 0 aliphatic carbocycles. The second kappa shape index (κ2) is 9.42. The number of nitrogens with one attached hydrogen (secondary N) is 1. The third-order valence-corrected chi connectivity index (χ3v) is 5.48. The van der Waals surface area contributed by atoms with Crippen LogP contribution in [0.1, 0.15) is 12.8 Å². The van der Waals surface area contributed by atoms with Crippen molar-refractivity contribution < 1.29 is 14.3 Å². The summed E-state index contributed by atoms with van der Waals surface area (Å²) in [4.78, 5) is 19.0. The Balaban J connectivity index is 1.36. The Morgan fingerprint density at radius 1 is 1.00 bits per heavy atom. The van der Waals surface area contributed by atoms with E-state index in [9.17, 15) is 4.79 Å². The standard InChI is InChI=1S/C23H25N5O3/c1-30-18-3-5-21(31-2)20(15-18)25-23(29)17-9-13-28(14-10-17)22-6-4-19(26-27-22)16-7-11-24-12-8-16/h3-8,11-12,15,17H,9-10,13-14H2,1-2H3,(H,25,29). The fraction of sp³-hybridized carbons (Fsp3) is 0.304. The van der Waals surface area contributed by atoms with Gasteiger partial charge in [0.15, 0.2) is 5.82 Å². The van der Waals surface area contributed by atoms with Crippen LogP contribution >= 0.6 is 0 Å². The van der Waals surface area contributed by atoms with Gasteiger partial charge in [-0.1, -0.05) is 0 Å². The van der Waals surface area contributed by atoms with Gasteiger partial charge in [0.05, 0.1) is 25.6 Å². The average Bonchev–Trinajstić information content (AvgIpc) is 2.84. The van der Waals surface area contributed by atoms with Gasteiger partial charge in [0, 0.05) is 43.0 Å². The Bertz CT molecular complexity index is 1020. The number of carbonyl (C=O) groups is 1. The van der Waals surface area contributed by atoms with Crippen molar-refractivity contribution in [3.63, 3.8) is 0 Å². The van der Waals surface area contributed by atoms with E-state index < -0.39 is 0 Å². The predicted molar refractivity (Wildman–Crippen MR) is 118 cm³/mol. The summed E-state index contributed by atoms with van der Waals surface area (Å²) in [5, 5.41) is 11.7. The van der Waals surface area contributed by atoms with Crippen molar-refractivity contribution in [2.75, 3.05) is 37.5 Å². The molecule has 1 saturated heterocycles. The van der Waals surface area contributed by atoms with Gasteiger partial charge in [-0.25, -0.2) is 0 Å². The van der Waals surface area contributed by atoms with E-state index in [1.54, 1.807) is 44.8 Å². The number of amides is 1. The fourth-order valence-electron chi connectivity index (χ4n) is 3.69. The van der Waals surface area contributed by atoms with Crippen LogP contribution in [0.4, 0.5) is 11.5 Å². The van der Waals surface area contributed by atoms with E-state index >= 15 is 0 Å². The Labute approximate surface area is 181 Å². The molecule has 2 aromatic heterocycles. The lowest BCUT2D eigenvalue weighted by Gasteiger charge is -2.32. The summed E-state index contributed by atoms with van der Waals surface area (Å²) < 4.78 is 10.6. The first-order chi connectivity index (χ1) is 15.2. The zero-order valence-electron chi connectivity index (χ0n) is 17.6. The van der Waals surface area contributed by atoms with Gasteiger partial charge >= 0.3 is 0 Å². The SMILES string of the molecule is COc1ccc(OC)c(NC(=O)C2CCN(c3ccc(-c4ccncc4)nn3)CC2)c1. The molecule has 0 saturated carbocycles. The van der Waals surface area contributed by atoms with Crippen LogP contribution < -0.4 is 19.7 Å². The van der Waals surface area contributed by atoms with Gasteiger partial charge in [-0.05, 0) is 49.2 Å². The van der Waals surface area contributed by atoms with Crippen molar-refractivity contribution in [3.05, 3.63) is 54.9 Å². The molecule has 4 rings (SSSR count). The number of rotatable bonds is 6. The van der Waals surface area contributed by atoms with E-state index in [0.29, 0.717) is 17.2 Å². The van der Waals surface area contributed by atoms with Crippen LogP contribution in [0.25, 0.3) is 11.3 Å². The lowest BCUT2D eigenvalue weighted by atomic mass is 9.95. The first-order valence-electron chi connectivity index (χ1n) is 10.2. The van der Waals surface area contributed by atoms with Crippen molar-refractivity contribution in [1.82, 2.24) is 15.2 Å². The second-order valence-corrected chi connectivity index (χ2v) is 7.33. The van der Waals surface area contributed by atoms with Crippen LogP contribution in [0, 0.1) is 5.92 Å². The zero-order valence-corrected chi connectivity index (χ0v) is 17.6. The van der Waals surface area contributed by atoms with Gasteiger partial charge < -0.3 is 19.7 Å². The van der Waals surface area contributed by atoms with E-state index in [4.69, 9.17) is 9.47 Å². The lowest BCUT2D eigenvalue weighted by molar-refractivity contribution is -0.120. The molecule has 31 heavy (non-hydrogen) atoms. The van der Waals surface area contributed by atoms with Crippen LogP contribution in [0.15, 0.2) is 54.9 Å². The van der Waals surface area contributed by atoms with Crippen molar-refractivity contribution in [2.45, 2.75) is 12.8 Å². The summed E-state index contributed by atoms with van der Waals surface area (Å²) in [7, 11) is 3.17. The largest absolute Gasteiger partial charge is 0.497 e. The van der Waals surface area contributed by atoms with E-state index in [2.05, 4.69) is 25.4 Å². The Kier molecular flexibility index (Phi) is 6.26. The number of anilines is 2. The molecule has 1 amide bonds. The number of ether oxygens (including phenoxy) is 2. The number of piperidine rings is 1. The van der Waals surface area contributed by atoms with Gasteiger partial charge in [-0.15, -0.1) is 10.2 Å². The smallest absolute Gasteiger partial charge is 0.227 e. The monoisotopic (exact) mass is 419 g/mol. The highest BCUT2D eigenvalue weighted by atomic mass is 16.5. The predicted octanol–water partition coefficient (Wildman–Crippen LogP) is 3.41. The van der Waals surface area contributed by atoms with E-state index in [0.717, 1.165) is 43.0 Å². The molecule has 0 atom stereocenters. The van der Waals surface area contributed by atoms with Gasteiger partial charge in [-0.3, -0.25) is 9.78 Å². The molecule has 0 spiro atoms. The fourth-order valence-corrected chi connectivity index (χ4v) is 3.69. The third kappa shape index (κ3) is 4.74. The molecule has 1 aromatic carbocycles. The zero-order chi connectivity index (χ0) is 21.6. The molecule has 1 aliphatic heterocycles. The van der Waals surface area contributed by atoms with Gasteiger partial charge in [-0.2, -0.15) is 0 Å². The van der Waals surface area contributed by atoms with Crippen LogP contribution in [0.2, 0.25) is 0 Å². The summed E-state index contributed by atoms with van der Waals surface area (Å²) in [6.45, 7) is 1.49. The average molecular weight is 419 g/mol. The quantitative estimate of drug-likeness (QED) is 0.655. The van der Waals surface area contributed by atoms with Crippen molar-refractivity contribution in [2.24, 2.45) is 5.92 Å². The molecule has 3 heterocycles. The summed E-state index contributed by atoms with van der Waals surface area (Å²) >= 11 is 0. The number of carbonyl (C=O) groups excluding carboxylic acids is 1. The molecular weight excluding hydrogens is 394 g/mol. The molecule has 160 valence electrons. The van der Waals surface area contributed by atoms with Crippen molar-refractivity contribution in [3.8, 4) is 22.8 Å². The number of pyridine rings is 1. The molecule has 0 unspecified atom stereocenters. The Morgan fingerprint density at radius 3 is 2.42 bits per heavy atom. The Hall–Kier alpha value is -3.68. The van der Waals surface area contributed by atoms with Gasteiger partial charge in [0.25, 0.3) is 0 Å². The number of hydrogen-bond donors (Lipinski definition) is 1. The summed E-state index contributed by atoms with van der Waals surface area (Å²) in [5.74, 6) is 2.02. The molecule has 8 heteroatoms. The topological polar surface area (TPSA) is 89.5 Å². The summed E-state index contributed by atoms with van der Waals surface area (Å²) in [6, 6.07) is 13.1. The Morgan fingerprint density at radius 2 is 1.77 bits per heavy atom. The van der Waals surface area contributed by atoms with Crippen molar-refractivity contribution >= 4 is 17.4 Å². The van der Waals surface area contributed by atoms with E-state index in [1.807, 2.05) is 24.3 Å². The minimum absolute atomic E-state index is 0.00896. The molecule has 8 nitrogen and oxygen atoms in total. The highest BCUT2D eigenvalue weighted by Crippen LogP contribution is 2.30. The number of benzene rings is 1. The maximum Gasteiger partial charge on any atom is 0.227 e.